The first-order valence-corrected chi connectivity index (χ1v) is 5.77. The van der Waals surface area contributed by atoms with E-state index in [2.05, 4.69) is 5.32 Å². The van der Waals surface area contributed by atoms with Crippen LogP contribution in [0.3, 0.4) is 0 Å². The third kappa shape index (κ3) is 3.84. The summed E-state index contributed by atoms with van der Waals surface area (Å²) in [6.45, 7) is 2.30. The number of amides is 1. The zero-order valence-corrected chi connectivity index (χ0v) is 10.7. The van der Waals surface area contributed by atoms with Crippen LogP contribution >= 0.6 is 0 Å². The number of nitrogens with one attached hydrogen (secondary N) is 1. The molecule has 1 aromatic rings. The minimum atomic E-state index is -0.0351. The summed E-state index contributed by atoms with van der Waals surface area (Å²) in [5, 5.41) is 2.62. The molecule has 2 unspecified atom stereocenters. The fraction of sp³-hybridized carbons (Fsp3) is 0.462. The van der Waals surface area contributed by atoms with E-state index in [4.69, 9.17) is 5.73 Å². The van der Waals surface area contributed by atoms with Crippen molar-refractivity contribution in [3.63, 3.8) is 0 Å². The van der Waals surface area contributed by atoms with Crippen molar-refractivity contribution in [2.24, 2.45) is 5.73 Å². The molecule has 4 nitrogen and oxygen atoms in total. The van der Waals surface area contributed by atoms with E-state index in [1.165, 1.54) is 0 Å². The van der Waals surface area contributed by atoms with Gasteiger partial charge in [0.2, 0.25) is 5.91 Å². The van der Waals surface area contributed by atoms with Crippen molar-refractivity contribution >= 4 is 5.91 Å². The van der Waals surface area contributed by atoms with Gasteiger partial charge in [0.25, 0.3) is 0 Å². The Labute approximate surface area is 103 Å². The predicted octanol–water partition coefficient (Wildman–Crippen LogP) is 0.753. The van der Waals surface area contributed by atoms with E-state index in [9.17, 15) is 4.79 Å². The second-order valence-electron chi connectivity index (χ2n) is 4.30. The van der Waals surface area contributed by atoms with Crippen LogP contribution in [0.1, 0.15) is 18.5 Å². The maximum atomic E-state index is 11.4. The Morgan fingerprint density at radius 3 is 2.47 bits per heavy atom. The molecule has 0 fully saturated rings. The van der Waals surface area contributed by atoms with Gasteiger partial charge in [-0.1, -0.05) is 30.3 Å². The van der Waals surface area contributed by atoms with E-state index in [-0.39, 0.29) is 18.0 Å². The molecule has 1 amide bonds. The maximum Gasteiger partial charge on any atom is 0.233 e. The SMILES string of the molecule is CNC(=O)CN(C)C(c1ccccc1)C(C)N. The molecular weight excluding hydrogens is 214 g/mol. The second kappa shape index (κ2) is 6.37. The number of rotatable bonds is 5. The van der Waals surface area contributed by atoms with Crippen LogP contribution in [0.2, 0.25) is 0 Å². The van der Waals surface area contributed by atoms with Gasteiger partial charge in [0, 0.05) is 19.1 Å². The van der Waals surface area contributed by atoms with Gasteiger partial charge in [0.05, 0.1) is 6.54 Å². The van der Waals surface area contributed by atoms with Crippen LogP contribution in [0.15, 0.2) is 30.3 Å². The zero-order valence-electron chi connectivity index (χ0n) is 10.7. The largest absolute Gasteiger partial charge is 0.358 e. The van der Waals surface area contributed by atoms with Crippen molar-refractivity contribution in [3.8, 4) is 0 Å². The van der Waals surface area contributed by atoms with Crippen molar-refractivity contribution in [1.82, 2.24) is 10.2 Å². The molecule has 0 saturated carbocycles. The lowest BCUT2D eigenvalue weighted by Gasteiger charge is -2.30. The van der Waals surface area contributed by atoms with Gasteiger partial charge >= 0.3 is 0 Å². The number of nitrogens with zero attached hydrogens (tertiary/aromatic N) is 1. The standard InChI is InChI=1S/C13H21N3O/c1-10(14)13(11-7-5-4-6-8-11)16(3)9-12(17)15-2/h4-8,10,13H,9,14H2,1-3H3,(H,15,17). The molecule has 4 heteroatoms. The molecule has 3 N–H and O–H groups in total. The first-order valence-electron chi connectivity index (χ1n) is 5.77. The Morgan fingerprint density at radius 2 is 2.00 bits per heavy atom. The quantitative estimate of drug-likeness (QED) is 0.792. The summed E-state index contributed by atoms with van der Waals surface area (Å²) in [6.07, 6.45) is 0. The van der Waals surface area contributed by atoms with Crippen molar-refractivity contribution in [1.29, 1.82) is 0 Å². The molecule has 0 radical (unpaired) electrons. The monoisotopic (exact) mass is 235 g/mol. The molecule has 0 aliphatic carbocycles. The highest BCUT2D eigenvalue weighted by Crippen LogP contribution is 2.21. The third-order valence-electron chi connectivity index (χ3n) is 2.79. The van der Waals surface area contributed by atoms with Gasteiger partial charge in [-0.3, -0.25) is 9.69 Å². The highest BCUT2D eigenvalue weighted by atomic mass is 16.1. The van der Waals surface area contributed by atoms with E-state index in [0.29, 0.717) is 6.54 Å². The molecular formula is C13H21N3O. The fourth-order valence-electron chi connectivity index (χ4n) is 2.01. The van der Waals surface area contributed by atoms with Crippen molar-refractivity contribution in [2.75, 3.05) is 20.6 Å². The highest BCUT2D eigenvalue weighted by Gasteiger charge is 2.22. The summed E-state index contributed by atoms with van der Waals surface area (Å²) >= 11 is 0. The van der Waals surface area contributed by atoms with Gasteiger partial charge < -0.3 is 11.1 Å². The summed E-state index contributed by atoms with van der Waals surface area (Å²) in [5.41, 5.74) is 7.15. The number of hydrogen-bond acceptors (Lipinski definition) is 3. The van der Waals surface area contributed by atoms with Gasteiger partial charge in [-0.25, -0.2) is 0 Å². The Balaban J connectivity index is 2.83. The Hall–Kier alpha value is -1.39. The number of carbonyl (C=O) groups is 1. The van der Waals surface area contributed by atoms with Crippen LogP contribution in [0.5, 0.6) is 0 Å². The van der Waals surface area contributed by atoms with Crippen LogP contribution < -0.4 is 11.1 Å². The first-order chi connectivity index (χ1) is 8.06. The molecule has 0 heterocycles. The average Bonchev–Trinajstić information content (AvgIpc) is 2.29. The highest BCUT2D eigenvalue weighted by molar-refractivity contribution is 5.77. The van der Waals surface area contributed by atoms with Gasteiger partial charge in [0.1, 0.15) is 0 Å². The summed E-state index contributed by atoms with van der Waals surface area (Å²) in [4.78, 5) is 13.4. The molecule has 0 aliphatic heterocycles. The number of likely N-dealkylation sites (N-methyl/N-ethyl adjacent to an activating group) is 2. The summed E-state index contributed by atoms with van der Waals surface area (Å²) in [6, 6.07) is 10.0. The molecule has 0 aromatic heterocycles. The molecule has 0 spiro atoms. The second-order valence-corrected chi connectivity index (χ2v) is 4.30. The lowest BCUT2D eigenvalue weighted by Crippen LogP contribution is -2.42. The van der Waals surface area contributed by atoms with E-state index >= 15 is 0 Å². The minimum absolute atomic E-state index is 0.00548. The lowest BCUT2D eigenvalue weighted by molar-refractivity contribution is -0.122. The number of benzene rings is 1. The molecule has 0 bridgehead atoms. The molecule has 1 rings (SSSR count). The fourth-order valence-corrected chi connectivity index (χ4v) is 2.01. The van der Waals surface area contributed by atoms with E-state index in [1.807, 2.05) is 49.2 Å². The molecule has 0 saturated heterocycles. The zero-order chi connectivity index (χ0) is 12.8. The Kier molecular flexibility index (Phi) is 5.12. The van der Waals surface area contributed by atoms with Gasteiger partial charge in [0.15, 0.2) is 0 Å². The predicted molar refractivity (Wildman–Crippen MR) is 69.5 cm³/mol. The van der Waals surface area contributed by atoms with Crippen molar-refractivity contribution in [3.05, 3.63) is 35.9 Å². The molecule has 0 aliphatic rings. The van der Waals surface area contributed by atoms with E-state index in [0.717, 1.165) is 5.56 Å². The number of carbonyl (C=O) groups excluding carboxylic acids is 1. The summed E-state index contributed by atoms with van der Waals surface area (Å²) < 4.78 is 0. The average molecular weight is 235 g/mol. The van der Waals surface area contributed by atoms with E-state index in [1.54, 1.807) is 7.05 Å². The molecule has 2 atom stereocenters. The Morgan fingerprint density at radius 1 is 1.41 bits per heavy atom. The topological polar surface area (TPSA) is 58.4 Å². The molecule has 1 aromatic carbocycles. The first kappa shape index (κ1) is 13.7. The summed E-state index contributed by atoms with van der Waals surface area (Å²) in [5.74, 6) is -0.00548. The number of hydrogen-bond donors (Lipinski definition) is 2. The van der Waals surface area contributed by atoms with Crippen LogP contribution in [0.4, 0.5) is 0 Å². The van der Waals surface area contributed by atoms with Gasteiger partial charge in [-0.05, 0) is 19.5 Å². The maximum absolute atomic E-state index is 11.4. The molecule has 17 heavy (non-hydrogen) atoms. The smallest absolute Gasteiger partial charge is 0.233 e. The Bertz CT molecular complexity index is 351. The third-order valence-corrected chi connectivity index (χ3v) is 2.79. The van der Waals surface area contributed by atoms with Crippen molar-refractivity contribution < 1.29 is 4.79 Å². The van der Waals surface area contributed by atoms with Gasteiger partial charge in [-0.15, -0.1) is 0 Å². The van der Waals surface area contributed by atoms with Crippen LogP contribution in [0.25, 0.3) is 0 Å². The van der Waals surface area contributed by atoms with Crippen molar-refractivity contribution in [2.45, 2.75) is 19.0 Å². The van der Waals surface area contributed by atoms with Gasteiger partial charge in [-0.2, -0.15) is 0 Å². The van der Waals surface area contributed by atoms with Crippen LogP contribution in [0, 0.1) is 0 Å². The van der Waals surface area contributed by atoms with Crippen LogP contribution in [-0.4, -0.2) is 37.5 Å². The minimum Gasteiger partial charge on any atom is -0.358 e. The summed E-state index contributed by atoms with van der Waals surface area (Å²) in [7, 11) is 3.55. The van der Waals surface area contributed by atoms with Crippen LogP contribution in [-0.2, 0) is 4.79 Å². The number of nitrogens with two attached hydrogens (primary N) is 1. The normalized spacial score (nSPS) is 14.4. The lowest BCUT2D eigenvalue weighted by atomic mass is 10.00. The molecule has 94 valence electrons. The van der Waals surface area contributed by atoms with E-state index < -0.39 is 0 Å².